The van der Waals surface area contributed by atoms with Crippen LogP contribution in [-0.4, -0.2) is 23.2 Å². The first kappa shape index (κ1) is 16.2. The van der Waals surface area contributed by atoms with E-state index in [1.165, 1.54) is 6.07 Å². The van der Waals surface area contributed by atoms with Crippen molar-refractivity contribution < 1.29 is 14.4 Å². The fraction of sp³-hybridized carbons (Fsp3) is 0.571. The summed E-state index contributed by atoms with van der Waals surface area (Å²) in [5.74, 6) is -0.0638. The summed E-state index contributed by atoms with van der Waals surface area (Å²) in [7, 11) is 0. The Hall–Kier alpha value is -1.21. The highest BCUT2D eigenvalue weighted by molar-refractivity contribution is 9.10. The van der Waals surface area contributed by atoms with Crippen LogP contribution in [0.3, 0.4) is 0 Å². The smallest absolute Gasteiger partial charge is 0.293 e. The molecule has 1 aliphatic carbocycles. The Labute approximate surface area is 130 Å². The normalized spacial score (nSPS) is 22.0. The summed E-state index contributed by atoms with van der Waals surface area (Å²) in [6.45, 7) is 0.635. The molecule has 1 saturated carbocycles. The van der Waals surface area contributed by atoms with Crippen molar-refractivity contribution in [1.82, 2.24) is 0 Å². The topological polar surface area (TPSA) is 75.4 Å². The number of rotatable bonds is 5. The van der Waals surface area contributed by atoms with Gasteiger partial charge < -0.3 is 10.4 Å². The van der Waals surface area contributed by atoms with Crippen molar-refractivity contribution in [1.29, 1.82) is 0 Å². The Kier molecular flexibility index (Phi) is 5.52. The van der Waals surface area contributed by atoms with E-state index in [1.807, 2.05) is 0 Å². The van der Waals surface area contributed by atoms with Gasteiger partial charge in [-0.3, -0.25) is 10.1 Å². The quantitative estimate of drug-likeness (QED) is 0.619. The molecule has 0 bridgehead atoms. The summed E-state index contributed by atoms with van der Waals surface area (Å²) in [5.41, 5.74) is 0.0302. The summed E-state index contributed by atoms with van der Waals surface area (Å²) in [4.78, 5) is 10.5. The molecular formula is C14H18BrFN2O3. The number of nitro benzene ring substituents is 1. The number of hydrogen-bond donors (Lipinski definition) is 2. The van der Waals surface area contributed by atoms with Crippen LogP contribution in [0.1, 0.15) is 25.7 Å². The largest absolute Gasteiger partial charge is 0.396 e. The van der Waals surface area contributed by atoms with Gasteiger partial charge in [0, 0.05) is 25.3 Å². The Morgan fingerprint density at radius 1 is 1.38 bits per heavy atom. The molecular weight excluding hydrogens is 343 g/mol. The second-order valence-electron chi connectivity index (χ2n) is 5.41. The molecule has 0 saturated heterocycles. The Morgan fingerprint density at radius 3 is 2.67 bits per heavy atom. The average molecular weight is 361 g/mol. The van der Waals surface area contributed by atoms with E-state index in [-0.39, 0.29) is 34.3 Å². The number of benzene rings is 1. The zero-order valence-corrected chi connectivity index (χ0v) is 13.1. The van der Waals surface area contributed by atoms with Crippen molar-refractivity contribution in [2.24, 2.45) is 11.8 Å². The van der Waals surface area contributed by atoms with Crippen molar-refractivity contribution in [3.8, 4) is 0 Å². The van der Waals surface area contributed by atoms with Gasteiger partial charge >= 0.3 is 0 Å². The highest BCUT2D eigenvalue weighted by atomic mass is 79.9. The fourth-order valence-corrected chi connectivity index (χ4v) is 3.19. The van der Waals surface area contributed by atoms with Crippen LogP contribution in [0.25, 0.3) is 0 Å². The van der Waals surface area contributed by atoms with E-state index in [4.69, 9.17) is 0 Å². The molecule has 1 aromatic carbocycles. The number of hydrogen-bond acceptors (Lipinski definition) is 4. The van der Waals surface area contributed by atoms with Gasteiger partial charge in [-0.2, -0.15) is 0 Å². The molecule has 2 atom stereocenters. The van der Waals surface area contributed by atoms with Crippen LogP contribution >= 0.6 is 15.9 Å². The molecule has 0 amide bonds. The van der Waals surface area contributed by atoms with Crippen molar-refractivity contribution in [3.63, 3.8) is 0 Å². The maximum Gasteiger partial charge on any atom is 0.293 e. The molecule has 116 valence electrons. The molecule has 0 spiro atoms. The number of anilines is 1. The number of nitro groups is 1. The molecule has 1 aliphatic rings. The summed E-state index contributed by atoms with van der Waals surface area (Å²) < 4.78 is 13.7. The van der Waals surface area contributed by atoms with Crippen molar-refractivity contribution in [2.75, 3.05) is 18.5 Å². The fourth-order valence-electron chi connectivity index (χ4n) is 2.86. The molecule has 7 heteroatoms. The van der Waals surface area contributed by atoms with Crippen molar-refractivity contribution in [3.05, 3.63) is 32.5 Å². The van der Waals surface area contributed by atoms with E-state index in [2.05, 4.69) is 21.2 Å². The van der Waals surface area contributed by atoms with Crippen LogP contribution in [0.15, 0.2) is 16.6 Å². The monoisotopic (exact) mass is 360 g/mol. The lowest BCUT2D eigenvalue weighted by molar-refractivity contribution is -0.384. The predicted octanol–water partition coefficient (Wildman–Crippen LogP) is 3.71. The third-order valence-electron chi connectivity index (χ3n) is 4.09. The highest BCUT2D eigenvalue weighted by Gasteiger charge is 2.25. The summed E-state index contributed by atoms with van der Waals surface area (Å²) in [6, 6.07) is 2.31. The zero-order valence-electron chi connectivity index (χ0n) is 11.5. The molecule has 1 fully saturated rings. The van der Waals surface area contributed by atoms with E-state index in [0.29, 0.717) is 6.54 Å². The summed E-state index contributed by atoms with van der Waals surface area (Å²) >= 11 is 2.96. The first-order valence-electron chi connectivity index (χ1n) is 7.01. The molecule has 2 N–H and O–H groups in total. The van der Waals surface area contributed by atoms with Gasteiger partial charge in [0.2, 0.25) is 0 Å². The van der Waals surface area contributed by atoms with Gasteiger partial charge in [0.15, 0.2) is 0 Å². The molecule has 1 aromatic rings. The van der Waals surface area contributed by atoms with Gasteiger partial charge in [-0.15, -0.1) is 0 Å². The second-order valence-corrected chi connectivity index (χ2v) is 6.26. The van der Waals surface area contributed by atoms with E-state index in [0.717, 1.165) is 31.7 Å². The molecule has 2 rings (SSSR count). The van der Waals surface area contributed by atoms with E-state index >= 15 is 0 Å². The lowest BCUT2D eigenvalue weighted by Gasteiger charge is -2.30. The molecule has 21 heavy (non-hydrogen) atoms. The zero-order chi connectivity index (χ0) is 15.4. The van der Waals surface area contributed by atoms with Crippen LogP contribution in [0, 0.1) is 27.8 Å². The van der Waals surface area contributed by atoms with E-state index < -0.39 is 10.7 Å². The molecule has 0 heterocycles. The van der Waals surface area contributed by atoms with Gasteiger partial charge in [0.1, 0.15) is 11.5 Å². The van der Waals surface area contributed by atoms with Gasteiger partial charge in [-0.1, -0.05) is 12.8 Å². The molecule has 0 aromatic heterocycles. The van der Waals surface area contributed by atoms with Crippen LogP contribution in [-0.2, 0) is 0 Å². The molecule has 5 nitrogen and oxygen atoms in total. The van der Waals surface area contributed by atoms with E-state index in [1.54, 1.807) is 0 Å². The van der Waals surface area contributed by atoms with Crippen LogP contribution in [0.4, 0.5) is 15.8 Å². The Balaban J connectivity index is 2.11. The van der Waals surface area contributed by atoms with Gasteiger partial charge in [0.05, 0.1) is 9.40 Å². The maximum absolute atomic E-state index is 13.6. The summed E-state index contributed by atoms with van der Waals surface area (Å²) in [6.07, 6.45) is 4.15. The third kappa shape index (κ3) is 3.91. The number of nitrogens with zero attached hydrogens (tertiary/aromatic N) is 1. The highest BCUT2D eigenvalue weighted by Crippen LogP contribution is 2.33. The lowest BCUT2D eigenvalue weighted by atomic mass is 9.79. The number of aliphatic hydroxyl groups excluding tert-OH is 1. The van der Waals surface area contributed by atoms with E-state index in [9.17, 15) is 19.6 Å². The number of aliphatic hydroxyl groups is 1. The standard InChI is InChI=1S/C14H18BrFN2O3/c15-11-5-14(18(20)21)13(6-12(11)16)17-7-9-3-1-2-4-10(9)8-19/h5-6,9-10,17,19H,1-4,7-8H2. The number of nitrogens with one attached hydrogen (secondary N) is 1. The van der Waals surface area contributed by atoms with Crippen LogP contribution < -0.4 is 5.32 Å². The predicted molar refractivity (Wildman–Crippen MR) is 81.8 cm³/mol. The average Bonchev–Trinajstić information content (AvgIpc) is 2.48. The molecule has 2 unspecified atom stereocenters. The van der Waals surface area contributed by atoms with Crippen molar-refractivity contribution in [2.45, 2.75) is 25.7 Å². The minimum absolute atomic E-state index is 0.0747. The third-order valence-corrected chi connectivity index (χ3v) is 4.70. The Morgan fingerprint density at radius 2 is 2.05 bits per heavy atom. The maximum atomic E-state index is 13.6. The first-order chi connectivity index (χ1) is 10.0. The van der Waals surface area contributed by atoms with Gasteiger partial charge in [-0.05, 0) is 40.6 Å². The second kappa shape index (κ2) is 7.17. The van der Waals surface area contributed by atoms with Crippen LogP contribution in [0.2, 0.25) is 0 Å². The SMILES string of the molecule is O=[N+]([O-])c1cc(Br)c(F)cc1NCC1CCCCC1CO. The van der Waals surface area contributed by atoms with Crippen molar-refractivity contribution >= 4 is 27.3 Å². The minimum atomic E-state index is -0.537. The lowest BCUT2D eigenvalue weighted by Crippen LogP contribution is -2.28. The summed E-state index contributed by atoms with van der Waals surface area (Å²) in [5, 5.41) is 23.4. The Bertz CT molecular complexity index is 527. The minimum Gasteiger partial charge on any atom is -0.396 e. The number of halogens is 2. The molecule has 0 radical (unpaired) electrons. The van der Waals surface area contributed by atoms with Gasteiger partial charge in [-0.25, -0.2) is 4.39 Å². The first-order valence-corrected chi connectivity index (χ1v) is 7.80. The van der Waals surface area contributed by atoms with Gasteiger partial charge in [0.25, 0.3) is 5.69 Å². The molecule has 0 aliphatic heterocycles. The van der Waals surface area contributed by atoms with Crippen LogP contribution in [0.5, 0.6) is 0 Å².